The maximum atomic E-state index is 11.3. The van der Waals surface area contributed by atoms with Crippen LogP contribution in [0.25, 0.3) is 5.57 Å². The average molecular weight is 398 g/mol. The number of allylic oxidation sites excluding steroid dienone is 5. The van der Waals surface area contributed by atoms with Crippen molar-refractivity contribution in [3.05, 3.63) is 59.0 Å². The van der Waals surface area contributed by atoms with Crippen molar-refractivity contribution in [1.29, 1.82) is 0 Å². The Morgan fingerprint density at radius 2 is 1.37 bits per heavy atom. The monoisotopic (exact) mass is 397 g/mol. The summed E-state index contributed by atoms with van der Waals surface area (Å²) in [6.45, 7) is 13.9. The van der Waals surface area contributed by atoms with Gasteiger partial charge in [-0.1, -0.05) is 77.0 Å². The van der Waals surface area contributed by atoms with E-state index in [1.165, 1.54) is 46.6 Å². The van der Waals surface area contributed by atoms with E-state index < -0.39 is 16.1 Å². The van der Waals surface area contributed by atoms with E-state index in [2.05, 4.69) is 78.0 Å². The first-order valence-electron chi connectivity index (χ1n) is 10.8. The molecule has 1 aliphatic carbocycles. The third kappa shape index (κ3) is 3.92. The summed E-state index contributed by atoms with van der Waals surface area (Å²) in [5, 5.41) is 14.0. The second-order valence-corrected chi connectivity index (χ2v) is 18.4. The van der Waals surface area contributed by atoms with Crippen LogP contribution >= 0.6 is 0 Å². The van der Waals surface area contributed by atoms with Gasteiger partial charge in [0.2, 0.25) is 5.76 Å². The quantitative estimate of drug-likeness (QED) is 0.350. The third-order valence-corrected chi connectivity index (χ3v) is 18.6. The Morgan fingerprint density at radius 1 is 0.815 bits per heavy atom. The van der Waals surface area contributed by atoms with Crippen LogP contribution in [-0.4, -0.2) is 21.3 Å². The minimum Gasteiger partial charge on any atom is -0.487 e. The maximum Gasteiger partial charge on any atom is 0.234 e. The normalized spacial score (nSPS) is 15.0. The molecule has 0 spiro atoms. The molecule has 0 aromatic heterocycles. The largest absolute Gasteiger partial charge is 0.487 e. The van der Waals surface area contributed by atoms with E-state index in [4.69, 9.17) is 0 Å². The van der Waals surface area contributed by atoms with Gasteiger partial charge in [0, 0.05) is 11.6 Å². The molecule has 1 nitrogen and oxygen atoms in total. The molecule has 0 heterocycles. The molecule has 1 aliphatic rings. The minimum absolute atomic E-state index is 0.514. The molecule has 0 atom stereocenters. The summed E-state index contributed by atoms with van der Waals surface area (Å²) in [7, 11) is -3.07. The fraction of sp³-hybridized carbons (Fsp3) is 0.500. The molecule has 3 heteroatoms. The van der Waals surface area contributed by atoms with Gasteiger partial charge >= 0.3 is 0 Å². The van der Waals surface area contributed by atoms with Crippen LogP contribution in [0.15, 0.2) is 47.4 Å². The molecule has 1 aromatic carbocycles. The highest BCUT2D eigenvalue weighted by Crippen LogP contribution is 2.37. The highest BCUT2D eigenvalue weighted by atomic mass is 28.3. The van der Waals surface area contributed by atoms with Crippen LogP contribution in [0, 0.1) is 6.08 Å². The van der Waals surface area contributed by atoms with Crippen molar-refractivity contribution < 1.29 is 5.11 Å². The van der Waals surface area contributed by atoms with Gasteiger partial charge in [-0.3, -0.25) is 0 Å². The molecule has 27 heavy (non-hydrogen) atoms. The van der Waals surface area contributed by atoms with Gasteiger partial charge in [0.05, 0.1) is 13.3 Å². The smallest absolute Gasteiger partial charge is 0.234 e. The van der Waals surface area contributed by atoms with E-state index in [1.807, 2.05) is 6.08 Å². The molecule has 0 unspecified atom stereocenters. The van der Waals surface area contributed by atoms with Crippen molar-refractivity contribution in [2.45, 2.75) is 77.8 Å². The Balaban J connectivity index is 2.56. The number of aliphatic hydroxyl groups is 1. The van der Waals surface area contributed by atoms with Crippen molar-refractivity contribution >= 4 is 26.9 Å². The SMILES string of the molecule is CC[Si](CC)(CC)C1=C[C+]=CC(c2cccc([Si](CC)(CC)CC)c2)=C1O. The van der Waals surface area contributed by atoms with Gasteiger partial charge in [-0.05, 0) is 30.3 Å². The van der Waals surface area contributed by atoms with Crippen LogP contribution in [0.4, 0.5) is 0 Å². The molecule has 0 fully saturated rings. The summed E-state index contributed by atoms with van der Waals surface area (Å²) in [6.07, 6.45) is 7.40. The lowest BCUT2D eigenvalue weighted by atomic mass is 10.0. The lowest BCUT2D eigenvalue weighted by molar-refractivity contribution is 0.430. The fourth-order valence-corrected chi connectivity index (χ4v) is 12.1. The average Bonchev–Trinajstić information content (AvgIpc) is 2.73. The molecule has 0 bridgehead atoms. The summed E-state index contributed by atoms with van der Waals surface area (Å²) in [6, 6.07) is 16.4. The first-order chi connectivity index (χ1) is 13.0. The van der Waals surface area contributed by atoms with Gasteiger partial charge in [-0.2, -0.15) is 0 Å². The van der Waals surface area contributed by atoms with E-state index in [1.54, 1.807) is 0 Å². The summed E-state index contributed by atoms with van der Waals surface area (Å²) in [4.78, 5) is 0. The summed E-state index contributed by atoms with van der Waals surface area (Å²) in [5.41, 5.74) is 2.12. The van der Waals surface area contributed by atoms with E-state index in [0.717, 1.165) is 11.1 Å². The van der Waals surface area contributed by atoms with Gasteiger partial charge in [-0.15, -0.1) is 0 Å². The van der Waals surface area contributed by atoms with Gasteiger partial charge in [0.25, 0.3) is 0 Å². The Labute approximate surface area is 168 Å². The molecule has 0 saturated heterocycles. The lowest BCUT2D eigenvalue weighted by Gasteiger charge is -2.29. The number of hydrogen-bond acceptors (Lipinski definition) is 1. The number of aliphatic hydroxyl groups excluding tert-OH is 1. The molecular formula is C24H37OSi2+. The molecule has 0 amide bonds. The van der Waals surface area contributed by atoms with Crippen LogP contribution in [-0.2, 0) is 0 Å². The van der Waals surface area contributed by atoms with Crippen molar-refractivity contribution in [1.82, 2.24) is 0 Å². The molecular weight excluding hydrogens is 360 g/mol. The Hall–Kier alpha value is -1.42. The second-order valence-electron chi connectivity index (χ2n) is 7.89. The molecule has 1 N–H and O–H groups in total. The van der Waals surface area contributed by atoms with E-state index in [-0.39, 0.29) is 0 Å². The standard InChI is InChI=1S/C24H36OSi2/c1-7-26(8-2,9-3)21-16-13-15-20(19-21)22-17-14-18-23(24(22)25)27(10-4,11-5)12-6/h13,15-19H,7-12H2,1-6H3/p+1. The molecule has 0 saturated carbocycles. The second kappa shape index (κ2) is 9.18. The van der Waals surface area contributed by atoms with Gasteiger partial charge in [0.1, 0.15) is 17.7 Å². The molecule has 0 aliphatic heterocycles. The van der Waals surface area contributed by atoms with Crippen molar-refractivity contribution in [3.8, 4) is 0 Å². The summed E-state index contributed by atoms with van der Waals surface area (Å²) in [5.74, 6) is 0.514. The fourth-order valence-electron chi connectivity index (χ4n) is 4.81. The predicted octanol–water partition coefficient (Wildman–Crippen LogP) is 7.02. The topological polar surface area (TPSA) is 20.2 Å². The van der Waals surface area contributed by atoms with Crippen molar-refractivity contribution in [3.63, 3.8) is 0 Å². The number of rotatable bonds is 9. The first-order valence-corrected chi connectivity index (χ1v) is 16.1. The maximum absolute atomic E-state index is 11.3. The number of benzene rings is 1. The van der Waals surface area contributed by atoms with Crippen LogP contribution in [0.2, 0.25) is 36.3 Å². The molecule has 2 rings (SSSR count). The Morgan fingerprint density at radius 3 is 1.89 bits per heavy atom. The van der Waals surface area contributed by atoms with Crippen molar-refractivity contribution in [2.24, 2.45) is 0 Å². The molecule has 0 radical (unpaired) electrons. The zero-order valence-corrected chi connectivity index (χ0v) is 20.2. The Bertz CT molecular complexity index is 718. The van der Waals surface area contributed by atoms with E-state index in [0.29, 0.717) is 5.76 Å². The van der Waals surface area contributed by atoms with Gasteiger partial charge < -0.3 is 5.11 Å². The summed E-state index contributed by atoms with van der Waals surface area (Å²) < 4.78 is 0. The van der Waals surface area contributed by atoms with Crippen molar-refractivity contribution in [2.75, 3.05) is 0 Å². The van der Waals surface area contributed by atoms with E-state index in [9.17, 15) is 5.11 Å². The molecule has 146 valence electrons. The van der Waals surface area contributed by atoms with Crippen LogP contribution in [0.1, 0.15) is 47.1 Å². The van der Waals surface area contributed by atoms with E-state index >= 15 is 0 Å². The van der Waals surface area contributed by atoms with Crippen LogP contribution in [0.3, 0.4) is 0 Å². The first kappa shape index (κ1) is 21.9. The van der Waals surface area contributed by atoms with Crippen LogP contribution < -0.4 is 5.19 Å². The van der Waals surface area contributed by atoms with Gasteiger partial charge in [0.15, 0.2) is 8.07 Å². The Kier molecular flexibility index (Phi) is 7.44. The minimum atomic E-state index is -1.65. The van der Waals surface area contributed by atoms with Gasteiger partial charge in [-0.25, -0.2) is 0 Å². The summed E-state index contributed by atoms with van der Waals surface area (Å²) >= 11 is 0. The number of hydrogen-bond donors (Lipinski definition) is 1. The predicted molar refractivity (Wildman–Crippen MR) is 126 cm³/mol. The highest BCUT2D eigenvalue weighted by Gasteiger charge is 2.42. The molecule has 1 aromatic rings. The van der Waals surface area contributed by atoms with Crippen LogP contribution in [0.5, 0.6) is 0 Å². The zero-order valence-electron chi connectivity index (χ0n) is 18.2. The lowest BCUT2D eigenvalue weighted by Crippen LogP contribution is -2.45. The third-order valence-electron chi connectivity index (χ3n) is 7.38. The zero-order chi connectivity index (χ0) is 20.1. The highest BCUT2D eigenvalue weighted by molar-refractivity contribution is 6.91.